The van der Waals surface area contributed by atoms with Gasteiger partial charge in [-0.15, -0.1) is 0 Å². The van der Waals surface area contributed by atoms with Gasteiger partial charge in [0.2, 0.25) is 0 Å². The molecular weight excluding hydrogens is 208 g/mol. The van der Waals surface area contributed by atoms with Crippen molar-refractivity contribution in [2.75, 3.05) is 26.0 Å². The molecule has 90 valence electrons. The zero-order valence-corrected chi connectivity index (χ0v) is 9.43. The van der Waals surface area contributed by atoms with Gasteiger partial charge in [0.05, 0.1) is 18.2 Å². The van der Waals surface area contributed by atoms with Crippen LogP contribution in [-0.2, 0) is 4.74 Å². The van der Waals surface area contributed by atoms with Gasteiger partial charge < -0.3 is 16.2 Å². The summed E-state index contributed by atoms with van der Waals surface area (Å²) >= 11 is 0. The first-order valence-electron chi connectivity index (χ1n) is 5.26. The maximum Gasteiger partial charge on any atom is 0.156 e. The molecule has 1 saturated heterocycles. The molecule has 2 heterocycles. The highest BCUT2D eigenvalue weighted by Gasteiger charge is 2.17. The third-order valence-electron chi connectivity index (χ3n) is 2.43. The standard InChI is InChI=1S/C9H13N3O2.CH5N/c10-9-7(5-13)4-12(11-9)8-2-1-3-14-6-8;1-2/h4-5,8H,1-3,6H2,(H2,10,11);2H2,1H3. The molecule has 0 bridgehead atoms. The summed E-state index contributed by atoms with van der Waals surface area (Å²) in [6, 6.07) is 0.222. The Kier molecular flexibility index (Phi) is 4.94. The topological polar surface area (TPSA) is 96.2 Å². The molecule has 4 N–H and O–H groups in total. The van der Waals surface area contributed by atoms with Gasteiger partial charge in [0.1, 0.15) is 0 Å². The summed E-state index contributed by atoms with van der Waals surface area (Å²) in [5.74, 6) is 0.297. The van der Waals surface area contributed by atoms with Gasteiger partial charge in [-0.25, -0.2) is 0 Å². The van der Waals surface area contributed by atoms with E-state index in [2.05, 4.69) is 10.8 Å². The Morgan fingerprint density at radius 2 is 2.38 bits per heavy atom. The smallest absolute Gasteiger partial charge is 0.156 e. The van der Waals surface area contributed by atoms with Crippen molar-refractivity contribution in [2.24, 2.45) is 5.73 Å². The number of anilines is 1. The molecule has 0 amide bonds. The average molecular weight is 226 g/mol. The molecule has 16 heavy (non-hydrogen) atoms. The van der Waals surface area contributed by atoms with Crippen LogP contribution in [0.25, 0.3) is 0 Å². The first kappa shape index (κ1) is 12.7. The summed E-state index contributed by atoms with van der Waals surface area (Å²) in [5, 5.41) is 4.09. The molecule has 1 aliphatic heterocycles. The normalized spacial score (nSPS) is 19.8. The van der Waals surface area contributed by atoms with Crippen molar-refractivity contribution in [1.82, 2.24) is 9.78 Å². The molecule has 0 spiro atoms. The van der Waals surface area contributed by atoms with Crippen LogP contribution in [0.3, 0.4) is 0 Å². The molecule has 0 radical (unpaired) electrons. The Labute approximate surface area is 94.5 Å². The Bertz CT molecular complexity index is 332. The SMILES string of the molecule is CN.Nc1nn(C2CCCOC2)cc1C=O. The highest BCUT2D eigenvalue weighted by molar-refractivity contribution is 5.81. The first-order valence-corrected chi connectivity index (χ1v) is 5.26. The van der Waals surface area contributed by atoms with Crippen molar-refractivity contribution < 1.29 is 9.53 Å². The Hall–Kier alpha value is -1.40. The molecule has 0 aliphatic carbocycles. The first-order chi connectivity index (χ1) is 7.81. The van der Waals surface area contributed by atoms with Crippen LogP contribution in [0.5, 0.6) is 0 Å². The lowest BCUT2D eigenvalue weighted by atomic mass is 10.1. The van der Waals surface area contributed by atoms with E-state index < -0.39 is 0 Å². The Balaban J connectivity index is 0.000000606. The molecule has 0 aromatic carbocycles. The number of aldehydes is 1. The molecule has 1 unspecified atom stereocenters. The van der Waals surface area contributed by atoms with E-state index in [1.807, 2.05) is 0 Å². The van der Waals surface area contributed by atoms with E-state index in [0.29, 0.717) is 18.0 Å². The molecule has 6 heteroatoms. The number of aromatic nitrogens is 2. The van der Waals surface area contributed by atoms with Gasteiger partial charge in [-0.1, -0.05) is 0 Å². The van der Waals surface area contributed by atoms with Crippen molar-refractivity contribution in [3.05, 3.63) is 11.8 Å². The number of rotatable bonds is 2. The van der Waals surface area contributed by atoms with Crippen LogP contribution < -0.4 is 11.5 Å². The van der Waals surface area contributed by atoms with Crippen LogP contribution in [0.15, 0.2) is 6.20 Å². The zero-order valence-electron chi connectivity index (χ0n) is 9.43. The van der Waals surface area contributed by atoms with E-state index in [1.165, 1.54) is 7.05 Å². The lowest BCUT2D eigenvalue weighted by molar-refractivity contribution is 0.0550. The van der Waals surface area contributed by atoms with Crippen LogP contribution in [0.1, 0.15) is 29.2 Å². The van der Waals surface area contributed by atoms with Gasteiger partial charge in [-0.3, -0.25) is 9.48 Å². The number of ether oxygens (including phenoxy) is 1. The van der Waals surface area contributed by atoms with E-state index in [9.17, 15) is 4.79 Å². The maximum atomic E-state index is 10.6. The number of carbonyl (C=O) groups excluding carboxylic acids is 1. The van der Waals surface area contributed by atoms with Crippen LogP contribution in [0.2, 0.25) is 0 Å². The molecule has 0 saturated carbocycles. The fourth-order valence-electron chi connectivity index (χ4n) is 1.63. The van der Waals surface area contributed by atoms with Gasteiger partial charge >= 0.3 is 0 Å². The van der Waals surface area contributed by atoms with Crippen molar-refractivity contribution in [3.63, 3.8) is 0 Å². The van der Waals surface area contributed by atoms with Crippen LogP contribution in [-0.4, -0.2) is 36.3 Å². The van der Waals surface area contributed by atoms with E-state index >= 15 is 0 Å². The number of hydrogen-bond acceptors (Lipinski definition) is 5. The highest BCUT2D eigenvalue weighted by atomic mass is 16.5. The fourth-order valence-corrected chi connectivity index (χ4v) is 1.63. The second kappa shape index (κ2) is 6.24. The van der Waals surface area contributed by atoms with Gasteiger partial charge in [-0.05, 0) is 19.9 Å². The zero-order chi connectivity index (χ0) is 12.0. The monoisotopic (exact) mass is 226 g/mol. The highest BCUT2D eigenvalue weighted by Crippen LogP contribution is 2.20. The van der Waals surface area contributed by atoms with Crippen molar-refractivity contribution in [3.8, 4) is 0 Å². The molecule has 2 rings (SSSR count). The van der Waals surface area contributed by atoms with Crippen molar-refractivity contribution in [1.29, 1.82) is 0 Å². The Morgan fingerprint density at radius 1 is 1.62 bits per heavy atom. The number of hydrogen-bond donors (Lipinski definition) is 2. The lowest BCUT2D eigenvalue weighted by Crippen LogP contribution is -2.21. The van der Waals surface area contributed by atoms with Crippen molar-refractivity contribution >= 4 is 12.1 Å². The summed E-state index contributed by atoms with van der Waals surface area (Å²) in [6.45, 7) is 1.47. The quantitative estimate of drug-likeness (QED) is 0.702. The van der Waals surface area contributed by atoms with Crippen LogP contribution in [0, 0.1) is 0 Å². The summed E-state index contributed by atoms with van der Waals surface area (Å²) < 4.78 is 7.06. The lowest BCUT2D eigenvalue weighted by Gasteiger charge is -2.22. The largest absolute Gasteiger partial charge is 0.382 e. The fraction of sp³-hybridized carbons (Fsp3) is 0.600. The predicted octanol–water partition coefficient (Wildman–Crippen LogP) is 0.204. The molecule has 1 aromatic heterocycles. The minimum Gasteiger partial charge on any atom is -0.382 e. The second-order valence-electron chi connectivity index (χ2n) is 3.44. The third kappa shape index (κ3) is 2.80. The molecule has 6 nitrogen and oxygen atoms in total. The van der Waals surface area contributed by atoms with Gasteiger partial charge in [0.25, 0.3) is 0 Å². The second-order valence-corrected chi connectivity index (χ2v) is 3.44. The summed E-state index contributed by atoms with van der Waals surface area (Å²) in [5.41, 5.74) is 10.5. The number of carbonyl (C=O) groups is 1. The van der Waals surface area contributed by atoms with Gasteiger partial charge in [-0.2, -0.15) is 5.10 Å². The summed E-state index contributed by atoms with van der Waals surface area (Å²) in [7, 11) is 1.50. The number of nitrogen functional groups attached to an aromatic ring is 1. The minimum atomic E-state index is 0.222. The molecule has 1 aliphatic rings. The van der Waals surface area contributed by atoms with E-state index in [1.54, 1.807) is 10.9 Å². The van der Waals surface area contributed by atoms with Crippen LogP contribution >= 0.6 is 0 Å². The van der Waals surface area contributed by atoms with E-state index in [4.69, 9.17) is 10.5 Å². The number of nitrogens with two attached hydrogens (primary N) is 2. The molecular formula is C10H18N4O2. The van der Waals surface area contributed by atoms with Gasteiger partial charge in [0.15, 0.2) is 12.1 Å². The predicted molar refractivity (Wildman–Crippen MR) is 61.2 cm³/mol. The molecule has 1 atom stereocenters. The summed E-state index contributed by atoms with van der Waals surface area (Å²) in [4.78, 5) is 10.6. The molecule has 1 fully saturated rings. The van der Waals surface area contributed by atoms with E-state index in [-0.39, 0.29) is 6.04 Å². The maximum absolute atomic E-state index is 10.6. The minimum absolute atomic E-state index is 0.222. The number of nitrogens with zero attached hydrogens (tertiary/aromatic N) is 2. The summed E-state index contributed by atoms with van der Waals surface area (Å²) in [6.07, 6.45) is 4.46. The van der Waals surface area contributed by atoms with E-state index in [0.717, 1.165) is 25.7 Å². The average Bonchev–Trinajstić information content (AvgIpc) is 2.74. The molecule has 1 aromatic rings. The third-order valence-corrected chi connectivity index (χ3v) is 2.43. The van der Waals surface area contributed by atoms with Crippen molar-refractivity contribution in [2.45, 2.75) is 18.9 Å². The van der Waals surface area contributed by atoms with Gasteiger partial charge in [0, 0.05) is 12.8 Å². The Morgan fingerprint density at radius 3 is 2.88 bits per heavy atom. The van der Waals surface area contributed by atoms with Crippen LogP contribution in [0.4, 0.5) is 5.82 Å².